The van der Waals surface area contributed by atoms with E-state index in [1.165, 1.54) is 0 Å². The minimum absolute atomic E-state index is 0.118. The van der Waals surface area contributed by atoms with Gasteiger partial charge in [-0.3, -0.25) is 9.48 Å². The summed E-state index contributed by atoms with van der Waals surface area (Å²) < 4.78 is 1.73. The normalized spacial score (nSPS) is 12.2. The summed E-state index contributed by atoms with van der Waals surface area (Å²) in [5.74, 6) is -0.118. The first-order valence-corrected chi connectivity index (χ1v) is 7.02. The van der Waals surface area contributed by atoms with E-state index in [1.807, 2.05) is 52.2 Å². The number of nitrogens with zero attached hydrogens (tertiary/aromatic N) is 2. The van der Waals surface area contributed by atoms with Gasteiger partial charge in [0, 0.05) is 24.5 Å². The van der Waals surface area contributed by atoms with Crippen molar-refractivity contribution in [3.63, 3.8) is 0 Å². The molecule has 1 unspecified atom stereocenters. The van der Waals surface area contributed by atoms with Crippen LogP contribution in [0.5, 0.6) is 0 Å². The van der Waals surface area contributed by atoms with Gasteiger partial charge in [0.15, 0.2) is 0 Å². The van der Waals surface area contributed by atoms with Crippen molar-refractivity contribution in [3.05, 3.63) is 46.8 Å². The first-order valence-electron chi connectivity index (χ1n) is 7.02. The van der Waals surface area contributed by atoms with Crippen LogP contribution in [0.3, 0.4) is 0 Å². The van der Waals surface area contributed by atoms with Gasteiger partial charge in [-0.05, 0) is 45.5 Å². The molecule has 2 N–H and O–H groups in total. The van der Waals surface area contributed by atoms with Crippen molar-refractivity contribution in [3.8, 4) is 0 Å². The molecule has 0 aliphatic rings. The summed E-state index contributed by atoms with van der Waals surface area (Å²) in [5.41, 5.74) is 4.18. The molecule has 2 rings (SSSR count). The van der Waals surface area contributed by atoms with Crippen LogP contribution in [0, 0.1) is 13.8 Å². The SMILES string of the molecule is CNC(C)c1cccc(NC(=O)c2c(C)nn(C)c2C)c1. The average molecular weight is 286 g/mol. The van der Waals surface area contributed by atoms with Gasteiger partial charge in [0.05, 0.1) is 11.3 Å². The zero-order chi connectivity index (χ0) is 15.6. The van der Waals surface area contributed by atoms with Crippen LogP contribution in [0.1, 0.15) is 40.3 Å². The van der Waals surface area contributed by atoms with Gasteiger partial charge >= 0.3 is 0 Å². The van der Waals surface area contributed by atoms with Crippen molar-refractivity contribution in [1.29, 1.82) is 0 Å². The second-order valence-electron chi connectivity index (χ2n) is 5.26. The van der Waals surface area contributed by atoms with Crippen LogP contribution in [0.2, 0.25) is 0 Å². The second kappa shape index (κ2) is 6.10. The van der Waals surface area contributed by atoms with Crippen molar-refractivity contribution in [2.45, 2.75) is 26.8 Å². The van der Waals surface area contributed by atoms with Gasteiger partial charge in [-0.15, -0.1) is 0 Å². The van der Waals surface area contributed by atoms with Gasteiger partial charge in [-0.1, -0.05) is 12.1 Å². The molecule has 0 fully saturated rings. The molecule has 1 heterocycles. The molecule has 1 atom stereocenters. The molecule has 1 aromatic heterocycles. The van der Waals surface area contributed by atoms with Crippen molar-refractivity contribution in [2.75, 3.05) is 12.4 Å². The Morgan fingerprint density at radius 3 is 2.62 bits per heavy atom. The lowest BCUT2D eigenvalue weighted by atomic mass is 10.1. The van der Waals surface area contributed by atoms with Crippen LogP contribution >= 0.6 is 0 Å². The molecule has 5 nitrogen and oxygen atoms in total. The number of carbonyl (C=O) groups excluding carboxylic acids is 1. The molecule has 0 spiro atoms. The molecule has 0 bridgehead atoms. The van der Waals surface area contributed by atoms with Gasteiger partial charge in [-0.2, -0.15) is 5.10 Å². The number of carbonyl (C=O) groups is 1. The predicted molar refractivity (Wildman–Crippen MR) is 84.6 cm³/mol. The number of amides is 1. The van der Waals surface area contributed by atoms with E-state index in [-0.39, 0.29) is 11.9 Å². The first-order chi connectivity index (χ1) is 9.93. The summed E-state index contributed by atoms with van der Waals surface area (Å²) in [6.07, 6.45) is 0. The zero-order valence-corrected chi connectivity index (χ0v) is 13.2. The summed E-state index contributed by atoms with van der Waals surface area (Å²) in [6, 6.07) is 8.10. The number of anilines is 1. The quantitative estimate of drug-likeness (QED) is 0.908. The van der Waals surface area contributed by atoms with Crippen LogP contribution in [-0.4, -0.2) is 22.7 Å². The predicted octanol–water partition coefficient (Wildman–Crippen LogP) is 2.57. The maximum atomic E-state index is 12.4. The standard InChI is InChI=1S/C16H22N4O/c1-10(17-4)13-7-6-8-14(9-13)18-16(21)15-11(2)19-20(5)12(15)3/h6-10,17H,1-5H3,(H,18,21). The molecule has 0 aliphatic heterocycles. The smallest absolute Gasteiger partial charge is 0.259 e. The highest BCUT2D eigenvalue weighted by Crippen LogP contribution is 2.19. The van der Waals surface area contributed by atoms with E-state index < -0.39 is 0 Å². The van der Waals surface area contributed by atoms with E-state index >= 15 is 0 Å². The number of rotatable bonds is 4. The maximum absolute atomic E-state index is 12.4. The molecule has 2 aromatic rings. The number of hydrogen-bond acceptors (Lipinski definition) is 3. The van der Waals surface area contributed by atoms with Crippen molar-refractivity contribution < 1.29 is 4.79 Å². The number of aryl methyl sites for hydroxylation is 2. The molecule has 1 aromatic carbocycles. The highest BCUT2D eigenvalue weighted by molar-refractivity contribution is 6.05. The van der Waals surface area contributed by atoms with Crippen LogP contribution in [0.25, 0.3) is 0 Å². The fourth-order valence-corrected chi connectivity index (χ4v) is 2.35. The summed E-state index contributed by atoms with van der Waals surface area (Å²) >= 11 is 0. The third kappa shape index (κ3) is 3.13. The lowest BCUT2D eigenvalue weighted by molar-refractivity contribution is 0.102. The molecule has 21 heavy (non-hydrogen) atoms. The first kappa shape index (κ1) is 15.3. The van der Waals surface area contributed by atoms with E-state index in [0.29, 0.717) is 5.56 Å². The zero-order valence-electron chi connectivity index (χ0n) is 13.2. The molecule has 0 aliphatic carbocycles. The Morgan fingerprint density at radius 2 is 2.05 bits per heavy atom. The topological polar surface area (TPSA) is 58.9 Å². The summed E-state index contributed by atoms with van der Waals surface area (Å²) in [5, 5.41) is 10.4. The minimum Gasteiger partial charge on any atom is -0.322 e. The number of nitrogens with one attached hydrogen (secondary N) is 2. The summed E-state index contributed by atoms with van der Waals surface area (Å²) in [7, 11) is 3.76. The highest BCUT2D eigenvalue weighted by Gasteiger charge is 2.17. The van der Waals surface area contributed by atoms with Crippen LogP contribution < -0.4 is 10.6 Å². The average Bonchev–Trinajstić information content (AvgIpc) is 2.71. The van der Waals surface area contributed by atoms with E-state index in [2.05, 4.69) is 22.7 Å². The minimum atomic E-state index is -0.118. The van der Waals surface area contributed by atoms with Gasteiger partial charge in [0.25, 0.3) is 5.91 Å². The molecular formula is C16H22N4O. The summed E-state index contributed by atoms with van der Waals surface area (Å²) in [4.78, 5) is 12.4. The molecule has 0 saturated carbocycles. The maximum Gasteiger partial charge on any atom is 0.259 e. The van der Waals surface area contributed by atoms with Crippen LogP contribution in [0.4, 0.5) is 5.69 Å². The molecule has 1 amide bonds. The molecular weight excluding hydrogens is 264 g/mol. The van der Waals surface area contributed by atoms with Crippen molar-refractivity contribution >= 4 is 11.6 Å². The Morgan fingerprint density at radius 1 is 1.33 bits per heavy atom. The van der Waals surface area contributed by atoms with Gasteiger partial charge in [0.1, 0.15) is 0 Å². The number of hydrogen-bond donors (Lipinski definition) is 2. The molecule has 0 saturated heterocycles. The molecule has 0 radical (unpaired) electrons. The molecule has 112 valence electrons. The third-order valence-electron chi connectivity index (χ3n) is 3.81. The van der Waals surface area contributed by atoms with E-state index in [9.17, 15) is 4.79 Å². The van der Waals surface area contributed by atoms with E-state index in [0.717, 1.165) is 22.6 Å². The Bertz CT molecular complexity index is 660. The monoisotopic (exact) mass is 286 g/mol. The number of benzene rings is 1. The van der Waals surface area contributed by atoms with Crippen LogP contribution in [-0.2, 0) is 7.05 Å². The fraction of sp³-hybridized carbons (Fsp3) is 0.375. The lowest BCUT2D eigenvalue weighted by Gasteiger charge is -2.12. The second-order valence-corrected chi connectivity index (χ2v) is 5.26. The number of aromatic nitrogens is 2. The largest absolute Gasteiger partial charge is 0.322 e. The van der Waals surface area contributed by atoms with E-state index in [1.54, 1.807) is 4.68 Å². The summed E-state index contributed by atoms with van der Waals surface area (Å²) in [6.45, 7) is 5.83. The Hall–Kier alpha value is -2.14. The Balaban J connectivity index is 2.24. The Labute approximate surface area is 125 Å². The van der Waals surface area contributed by atoms with Crippen molar-refractivity contribution in [1.82, 2.24) is 15.1 Å². The van der Waals surface area contributed by atoms with Crippen molar-refractivity contribution in [2.24, 2.45) is 7.05 Å². The van der Waals surface area contributed by atoms with Crippen LogP contribution in [0.15, 0.2) is 24.3 Å². The van der Waals surface area contributed by atoms with Gasteiger partial charge in [-0.25, -0.2) is 0 Å². The van der Waals surface area contributed by atoms with Gasteiger partial charge < -0.3 is 10.6 Å². The Kier molecular flexibility index (Phi) is 4.43. The van der Waals surface area contributed by atoms with Gasteiger partial charge in [0.2, 0.25) is 0 Å². The fourth-order valence-electron chi connectivity index (χ4n) is 2.35. The van der Waals surface area contributed by atoms with E-state index in [4.69, 9.17) is 0 Å². The lowest BCUT2D eigenvalue weighted by Crippen LogP contribution is -2.15. The highest BCUT2D eigenvalue weighted by atomic mass is 16.1. The molecule has 5 heteroatoms. The third-order valence-corrected chi connectivity index (χ3v) is 3.81.